The summed E-state index contributed by atoms with van der Waals surface area (Å²) in [6, 6.07) is 3.51. The van der Waals surface area contributed by atoms with Crippen molar-refractivity contribution in [2.24, 2.45) is 0 Å². The maximum atomic E-state index is 11.0. The minimum absolute atomic E-state index is 0.111. The third-order valence-corrected chi connectivity index (χ3v) is 2.77. The Kier molecular flexibility index (Phi) is 4.27. The lowest BCUT2D eigenvalue weighted by atomic mass is 10.2. The zero-order chi connectivity index (χ0) is 15.4. The number of anilines is 1. The first-order valence-corrected chi connectivity index (χ1v) is 6.38. The van der Waals surface area contributed by atoms with Gasteiger partial charge in [-0.25, -0.2) is 4.98 Å². The third kappa shape index (κ3) is 3.22. The SMILES string of the molecule is CCc1nc(C)ccc1Oc1nc(NC)ncc1[N+](=O)[O-]. The number of hydrogen-bond acceptors (Lipinski definition) is 7. The van der Waals surface area contributed by atoms with Gasteiger partial charge in [-0.15, -0.1) is 0 Å². The highest BCUT2D eigenvalue weighted by Gasteiger charge is 2.20. The molecular formula is C13H15N5O3. The van der Waals surface area contributed by atoms with Crippen molar-refractivity contribution in [3.63, 3.8) is 0 Å². The maximum absolute atomic E-state index is 11.0. The highest BCUT2D eigenvalue weighted by molar-refractivity contribution is 5.46. The summed E-state index contributed by atoms with van der Waals surface area (Å²) in [6.07, 6.45) is 1.76. The molecule has 0 aliphatic heterocycles. The summed E-state index contributed by atoms with van der Waals surface area (Å²) >= 11 is 0. The van der Waals surface area contributed by atoms with Gasteiger partial charge in [0.25, 0.3) is 0 Å². The molecule has 0 spiro atoms. The summed E-state index contributed by atoms with van der Waals surface area (Å²) in [4.78, 5) is 22.6. The molecule has 0 aliphatic carbocycles. The number of aryl methyl sites for hydroxylation is 2. The van der Waals surface area contributed by atoms with E-state index >= 15 is 0 Å². The lowest BCUT2D eigenvalue weighted by Crippen LogP contribution is -2.03. The molecule has 0 radical (unpaired) electrons. The highest BCUT2D eigenvalue weighted by Crippen LogP contribution is 2.31. The Balaban J connectivity index is 2.45. The van der Waals surface area contributed by atoms with Crippen molar-refractivity contribution in [3.8, 4) is 11.6 Å². The van der Waals surface area contributed by atoms with E-state index in [2.05, 4.69) is 20.3 Å². The molecular weight excluding hydrogens is 274 g/mol. The van der Waals surface area contributed by atoms with Gasteiger partial charge in [-0.05, 0) is 25.5 Å². The van der Waals surface area contributed by atoms with Gasteiger partial charge in [0, 0.05) is 12.7 Å². The lowest BCUT2D eigenvalue weighted by molar-refractivity contribution is -0.386. The van der Waals surface area contributed by atoms with E-state index in [9.17, 15) is 10.1 Å². The lowest BCUT2D eigenvalue weighted by Gasteiger charge is -2.10. The van der Waals surface area contributed by atoms with E-state index in [1.54, 1.807) is 19.2 Å². The Bertz CT molecular complexity index is 675. The first kappa shape index (κ1) is 14.6. The quantitative estimate of drug-likeness (QED) is 0.666. The minimum atomic E-state index is -0.581. The van der Waals surface area contributed by atoms with Crippen LogP contribution >= 0.6 is 0 Å². The summed E-state index contributed by atoms with van der Waals surface area (Å²) in [5.74, 6) is 0.584. The highest BCUT2D eigenvalue weighted by atomic mass is 16.6. The van der Waals surface area contributed by atoms with Crippen molar-refractivity contribution in [3.05, 3.63) is 39.8 Å². The Labute approximate surface area is 121 Å². The summed E-state index contributed by atoms with van der Waals surface area (Å²) in [5, 5.41) is 13.7. The molecule has 0 saturated carbocycles. The van der Waals surface area contributed by atoms with E-state index < -0.39 is 4.92 Å². The van der Waals surface area contributed by atoms with Crippen molar-refractivity contribution in [2.75, 3.05) is 12.4 Å². The Morgan fingerprint density at radius 1 is 1.38 bits per heavy atom. The molecule has 2 heterocycles. The van der Waals surface area contributed by atoms with Crippen molar-refractivity contribution >= 4 is 11.6 Å². The summed E-state index contributed by atoms with van der Waals surface area (Å²) < 4.78 is 5.60. The molecule has 0 bridgehead atoms. The number of aromatic nitrogens is 3. The topological polar surface area (TPSA) is 103 Å². The normalized spacial score (nSPS) is 10.2. The molecule has 2 rings (SSSR count). The largest absolute Gasteiger partial charge is 0.432 e. The standard InChI is InChI=1S/C13H15N5O3/c1-4-9-11(6-5-8(2)16-9)21-12-10(18(19)20)7-15-13(14-3)17-12/h5-7H,4H2,1-3H3,(H,14,15,17). The molecule has 2 aromatic rings. The van der Waals surface area contributed by atoms with E-state index in [4.69, 9.17) is 4.74 Å². The fraction of sp³-hybridized carbons (Fsp3) is 0.308. The Morgan fingerprint density at radius 2 is 2.14 bits per heavy atom. The van der Waals surface area contributed by atoms with E-state index in [0.29, 0.717) is 17.9 Å². The van der Waals surface area contributed by atoms with Crippen molar-refractivity contribution in [2.45, 2.75) is 20.3 Å². The first-order chi connectivity index (χ1) is 10.0. The molecule has 0 fully saturated rings. The van der Waals surface area contributed by atoms with Gasteiger partial charge in [-0.2, -0.15) is 4.98 Å². The average Bonchev–Trinajstić information content (AvgIpc) is 2.48. The van der Waals surface area contributed by atoms with Crippen LogP contribution in [0, 0.1) is 17.0 Å². The molecule has 0 unspecified atom stereocenters. The minimum Gasteiger partial charge on any atom is -0.432 e. The van der Waals surface area contributed by atoms with Gasteiger partial charge in [0.05, 0.1) is 10.6 Å². The molecule has 0 amide bonds. The third-order valence-electron chi connectivity index (χ3n) is 2.77. The van der Waals surface area contributed by atoms with E-state index in [1.165, 1.54) is 0 Å². The van der Waals surface area contributed by atoms with Gasteiger partial charge in [-0.3, -0.25) is 15.1 Å². The second-order valence-corrected chi connectivity index (χ2v) is 4.24. The summed E-state index contributed by atoms with van der Waals surface area (Å²) in [6.45, 7) is 3.80. The van der Waals surface area contributed by atoms with Crippen LogP contribution in [0.15, 0.2) is 18.3 Å². The van der Waals surface area contributed by atoms with Crippen LogP contribution in [-0.4, -0.2) is 26.9 Å². The molecule has 21 heavy (non-hydrogen) atoms. The van der Waals surface area contributed by atoms with Gasteiger partial charge >= 0.3 is 11.6 Å². The molecule has 0 saturated heterocycles. The number of nitrogens with one attached hydrogen (secondary N) is 1. The number of nitro groups is 1. The maximum Gasteiger partial charge on any atom is 0.349 e. The zero-order valence-corrected chi connectivity index (χ0v) is 12.0. The molecule has 110 valence electrons. The van der Waals surface area contributed by atoms with Crippen LogP contribution in [0.3, 0.4) is 0 Å². The van der Waals surface area contributed by atoms with Crippen LogP contribution < -0.4 is 10.1 Å². The van der Waals surface area contributed by atoms with E-state index in [-0.39, 0.29) is 17.5 Å². The number of nitrogens with zero attached hydrogens (tertiary/aromatic N) is 4. The van der Waals surface area contributed by atoms with Crippen LogP contribution in [0.4, 0.5) is 11.6 Å². The van der Waals surface area contributed by atoms with Gasteiger partial charge < -0.3 is 10.1 Å². The molecule has 1 N–H and O–H groups in total. The van der Waals surface area contributed by atoms with Crippen LogP contribution in [-0.2, 0) is 6.42 Å². The smallest absolute Gasteiger partial charge is 0.349 e. The predicted octanol–water partition coefficient (Wildman–Crippen LogP) is 2.48. The fourth-order valence-electron chi connectivity index (χ4n) is 1.73. The fourth-order valence-corrected chi connectivity index (χ4v) is 1.73. The monoisotopic (exact) mass is 289 g/mol. The second kappa shape index (κ2) is 6.12. The van der Waals surface area contributed by atoms with Crippen LogP contribution in [0.1, 0.15) is 18.3 Å². The van der Waals surface area contributed by atoms with Crippen molar-refractivity contribution in [1.82, 2.24) is 15.0 Å². The Hall–Kier alpha value is -2.77. The Morgan fingerprint density at radius 3 is 2.76 bits per heavy atom. The van der Waals surface area contributed by atoms with Crippen LogP contribution in [0.5, 0.6) is 11.6 Å². The van der Waals surface area contributed by atoms with Crippen LogP contribution in [0.2, 0.25) is 0 Å². The first-order valence-electron chi connectivity index (χ1n) is 6.38. The summed E-state index contributed by atoms with van der Waals surface area (Å²) in [7, 11) is 1.62. The van der Waals surface area contributed by atoms with Crippen molar-refractivity contribution < 1.29 is 9.66 Å². The van der Waals surface area contributed by atoms with Gasteiger partial charge in [-0.1, -0.05) is 6.92 Å². The van der Waals surface area contributed by atoms with E-state index in [1.807, 2.05) is 13.8 Å². The van der Waals surface area contributed by atoms with Gasteiger partial charge in [0.15, 0.2) is 5.75 Å². The molecule has 0 aliphatic rings. The van der Waals surface area contributed by atoms with E-state index in [0.717, 1.165) is 11.9 Å². The van der Waals surface area contributed by atoms with Gasteiger partial charge in [0.1, 0.15) is 6.20 Å². The molecule has 0 aromatic carbocycles. The molecule has 2 aromatic heterocycles. The molecule has 0 atom stereocenters. The number of pyridine rings is 1. The van der Waals surface area contributed by atoms with Crippen molar-refractivity contribution in [1.29, 1.82) is 0 Å². The summed E-state index contributed by atoms with van der Waals surface area (Å²) in [5.41, 5.74) is 1.28. The molecule has 8 nitrogen and oxygen atoms in total. The zero-order valence-electron chi connectivity index (χ0n) is 12.0. The van der Waals surface area contributed by atoms with Gasteiger partial charge in [0.2, 0.25) is 5.95 Å². The van der Waals surface area contributed by atoms with Crippen LogP contribution in [0.25, 0.3) is 0 Å². The average molecular weight is 289 g/mol. The second-order valence-electron chi connectivity index (χ2n) is 4.24. The number of rotatable bonds is 5. The number of hydrogen-bond donors (Lipinski definition) is 1. The predicted molar refractivity (Wildman–Crippen MR) is 76.7 cm³/mol. The number of ether oxygens (including phenoxy) is 1. The molecule has 8 heteroatoms.